The molecule has 1 atom stereocenters. The molecule has 0 aliphatic rings. The van der Waals surface area contributed by atoms with E-state index in [1.165, 1.54) is 0 Å². The number of ether oxygens (including phenoxy) is 1. The van der Waals surface area contributed by atoms with E-state index in [2.05, 4.69) is 5.32 Å². The number of benzene rings is 2. The molecule has 106 valence electrons. The Labute approximate surface area is 124 Å². The van der Waals surface area contributed by atoms with E-state index in [-0.39, 0.29) is 0 Å². The van der Waals surface area contributed by atoms with Gasteiger partial charge in [0.1, 0.15) is 5.75 Å². The van der Waals surface area contributed by atoms with Gasteiger partial charge in [-0.1, -0.05) is 35.9 Å². The van der Waals surface area contributed by atoms with E-state index in [4.69, 9.17) is 16.3 Å². The van der Waals surface area contributed by atoms with Crippen LogP contribution in [-0.4, -0.2) is 18.8 Å². The lowest BCUT2D eigenvalue weighted by molar-refractivity contribution is 0.191. The Morgan fingerprint density at radius 3 is 2.50 bits per heavy atom. The molecular formula is C16H18ClNO2. The van der Waals surface area contributed by atoms with Crippen LogP contribution in [0, 0.1) is 6.92 Å². The van der Waals surface area contributed by atoms with Crippen molar-refractivity contribution >= 4 is 17.3 Å². The molecule has 3 nitrogen and oxygen atoms in total. The number of anilines is 1. The van der Waals surface area contributed by atoms with E-state index in [0.29, 0.717) is 11.6 Å². The van der Waals surface area contributed by atoms with Gasteiger partial charge in [0.15, 0.2) is 0 Å². The molecule has 2 aromatic carbocycles. The second kappa shape index (κ2) is 6.64. The number of halogens is 1. The maximum absolute atomic E-state index is 10.2. The molecule has 0 saturated carbocycles. The van der Waals surface area contributed by atoms with Crippen molar-refractivity contribution in [2.24, 2.45) is 0 Å². The molecule has 0 amide bonds. The van der Waals surface area contributed by atoms with Crippen molar-refractivity contribution in [2.45, 2.75) is 13.0 Å². The quantitative estimate of drug-likeness (QED) is 0.880. The summed E-state index contributed by atoms with van der Waals surface area (Å²) in [6.07, 6.45) is -0.600. The molecule has 2 aromatic rings. The van der Waals surface area contributed by atoms with Crippen LogP contribution >= 0.6 is 11.6 Å². The van der Waals surface area contributed by atoms with Gasteiger partial charge in [0, 0.05) is 6.54 Å². The van der Waals surface area contributed by atoms with E-state index < -0.39 is 6.10 Å². The summed E-state index contributed by atoms with van der Waals surface area (Å²) in [7, 11) is 1.62. The Morgan fingerprint density at radius 2 is 1.90 bits per heavy atom. The lowest BCUT2D eigenvalue weighted by atomic mass is 10.1. The predicted octanol–water partition coefficient (Wildman–Crippen LogP) is 3.80. The van der Waals surface area contributed by atoms with Crippen LogP contribution in [0.5, 0.6) is 5.75 Å². The lowest BCUT2D eigenvalue weighted by Gasteiger charge is -2.16. The van der Waals surface area contributed by atoms with Crippen LogP contribution in [0.3, 0.4) is 0 Å². The zero-order valence-electron chi connectivity index (χ0n) is 11.6. The molecule has 0 fully saturated rings. The van der Waals surface area contributed by atoms with Crippen LogP contribution in [0.2, 0.25) is 5.02 Å². The highest BCUT2D eigenvalue weighted by Crippen LogP contribution is 2.26. The van der Waals surface area contributed by atoms with Gasteiger partial charge < -0.3 is 15.2 Å². The summed E-state index contributed by atoms with van der Waals surface area (Å²) in [5, 5.41) is 14.0. The van der Waals surface area contributed by atoms with Crippen LogP contribution in [-0.2, 0) is 0 Å². The lowest BCUT2D eigenvalue weighted by Crippen LogP contribution is -2.13. The highest BCUT2D eigenvalue weighted by atomic mass is 35.5. The Bertz CT molecular complexity index is 549. The van der Waals surface area contributed by atoms with Gasteiger partial charge in [0.05, 0.1) is 23.9 Å². The van der Waals surface area contributed by atoms with Gasteiger partial charge in [-0.3, -0.25) is 0 Å². The molecule has 0 bridgehead atoms. The Kier molecular flexibility index (Phi) is 4.88. The van der Waals surface area contributed by atoms with Gasteiger partial charge in [0.25, 0.3) is 0 Å². The molecule has 0 saturated heterocycles. The summed E-state index contributed by atoms with van der Waals surface area (Å²) < 4.78 is 5.09. The minimum Gasteiger partial charge on any atom is -0.497 e. The van der Waals surface area contributed by atoms with Crippen molar-refractivity contribution in [3.8, 4) is 5.75 Å². The molecule has 4 heteroatoms. The molecule has 2 N–H and O–H groups in total. The van der Waals surface area contributed by atoms with Crippen molar-refractivity contribution in [1.82, 2.24) is 0 Å². The molecule has 2 rings (SSSR count). The van der Waals surface area contributed by atoms with Crippen molar-refractivity contribution in [2.75, 3.05) is 19.0 Å². The average Bonchev–Trinajstić information content (AvgIpc) is 2.46. The second-order valence-corrected chi connectivity index (χ2v) is 5.01. The number of aliphatic hydroxyl groups is 1. The highest BCUT2D eigenvalue weighted by Gasteiger charge is 2.09. The average molecular weight is 292 g/mol. The van der Waals surface area contributed by atoms with Gasteiger partial charge in [-0.25, -0.2) is 0 Å². The molecule has 0 aromatic heterocycles. The molecule has 20 heavy (non-hydrogen) atoms. The summed E-state index contributed by atoms with van der Waals surface area (Å²) in [5.74, 6) is 0.774. The fourth-order valence-corrected chi connectivity index (χ4v) is 2.29. The number of aliphatic hydroxyl groups excluding tert-OH is 1. The molecule has 0 spiro atoms. The fourth-order valence-electron chi connectivity index (χ4n) is 2.00. The summed E-state index contributed by atoms with van der Waals surface area (Å²) in [6.45, 7) is 2.38. The maximum atomic E-state index is 10.2. The first kappa shape index (κ1) is 14.7. The van der Waals surface area contributed by atoms with Gasteiger partial charge in [-0.05, 0) is 36.2 Å². The van der Waals surface area contributed by atoms with Crippen molar-refractivity contribution in [1.29, 1.82) is 0 Å². The summed E-state index contributed by atoms with van der Waals surface area (Å²) in [6, 6.07) is 13.1. The fraction of sp³-hybridized carbons (Fsp3) is 0.250. The molecule has 0 heterocycles. The molecular weight excluding hydrogens is 274 g/mol. The number of rotatable bonds is 5. The Morgan fingerprint density at radius 1 is 1.20 bits per heavy atom. The topological polar surface area (TPSA) is 41.5 Å². The summed E-state index contributed by atoms with van der Waals surface area (Å²) in [4.78, 5) is 0. The highest BCUT2D eigenvalue weighted by molar-refractivity contribution is 6.33. The number of nitrogens with one attached hydrogen (secondary N) is 1. The Hall–Kier alpha value is -1.71. The van der Waals surface area contributed by atoms with Gasteiger partial charge in [-0.15, -0.1) is 0 Å². The SMILES string of the molecule is COc1ccc(C(O)CNc2c(C)cccc2Cl)cc1. The van der Waals surface area contributed by atoms with E-state index in [1.54, 1.807) is 7.11 Å². The van der Waals surface area contributed by atoms with Crippen molar-refractivity contribution < 1.29 is 9.84 Å². The zero-order valence-corrected chi connectivity index (χ0v) is 12.3. The van der Waals surface area contributed by atoms with E-state index >= 15 is 0 Å². The summed E-state index contributed by atoms with van der Waals surface area (Å²) >= 11 is 6.14. The third-order valence-corrected chi connectivity index (χ3v) is 3.51. The third-order valence-electron chi connectivity index (χ3n) is 3.19. The van der Waals surface area contributed by atoms with Crippen LogP contribution in [0.25, 0.3) is 0 Å². The molecule has 0 aliphatic heterocycles. The van der Waals surface area contributed by atoms with Gasteiger partial charge in [-0.2, -0.15) is 0 Å². The van der Waals surface area contributed by atoms with E-state index in [0.717, 1.165) is 22.6 Å². The van der Waals surface area contributed by atoms with Crippen LogP contribution < -0.4 is 10.1 Å². The van der Waals surface area contributed by atoms with Crippen LogP contribution in [0.1, 0.15) is 17.2 Å². The second-order valence-electron chi connectivity index (χ2n) is 4.60. The monoisotopic (exact) mass is 291 g/mol. The smallest absolute Gasteiger partial charge is 0.118 e. The van der Waals surface area contributed by atoms with Crippen molar-refractivity contribution in [3.63, 3.8) is 0 Å². The van der Waals surface area contributed by atoms with Crippen LogP contribution in [0.4, 0.5) is 5.69 Å². The standard InChI is InChI=1S/C16H18ClNO2/c1-11-4-3-5-14(17)16(11)18-10-15(19)12-6-8-13(20-2)9-7-12/h3-9,15,18-19H,10H2,1-2H3. The number of aryl methyl sites for hydroxylation is 1. The van der Waals surface area contributed by atoms with Gasteiger partial charge in [0.2, 0.25) is 0 Å². The molecule has 0 aliphatic carbocycles. The number of methoxy groups -OCH3 is 1. The third kappa shape index (κ3) is 3.44. The normalized spacial score (nSPS) is 12.0. The predicted molar refractivity (Wildman–Crippen MR) is 82.6 cm³/mol. The van der Waals surface area contributed by atoms with E-state index in [9.17, 15) is 5.11 Å². The minimum atomic E-state index is -0.600. The van der Waals surface area contributed by atoms with Gasteiger partial charge >= 0.3 is 0 Å². The van der Waals surface area contributed by atoms with E-state index in [1.807, 2.05) is 49.4 Å². The summed E-state index contributed by atoms with van der Waals surface area (Å²) in [5.41, 5.74) is 2.75. The molecule has 0 radical (unpaired) electrons. The Balaban J connectivity index is 2.02. The van der Waals surface area contributed by atoms with Crippen molar-refractivity contribution in [3.05, 3.63) is 58.6 Å². The first-order valence-corrected chi connectivity index (χ1v) is 6.80. The first-order chi connectivity index (χ1) is 9.61. The maximum Gasteiger partial charge on any atom is 0.118 e. The molecule has 1 unspecified atom stereocenters. The number of hydrogen-bond acceptors (Lipinski definition) is 3. The minimum absolute atomic E-state index is 0.400. The number of hydrogen-bond donors (Lipinski definition) is 2. The zero-order chi connectivity index (χ0) is 14.5. The number of para-hydroxylation sites is 1. The van der Waals surface area contributed by atoms with Crippen LogP contribution in [0.15, 0.2) is 42.5 Å². The first-order valence-electron chi connectivity index (χ1n) is 6.43. The largest absolute Gasteiger partial charge is 0.497 e.